The van der Waals surface area contributed by atoms with E-state index in [4.69, 9.17) is 11.6 Å². The van der Waals surface area contributed by atoms with Crippen molar-refractivity contribution in [3.63, 3.8) is 0 Å². The molecule has 0 aliphatic heterocycles. The lowest BCUT2D eigenvalue weighted by Crippen LogP contribution is -2.27. The second kappa shape index (κ2) is 7.51. The molecule has 0 bridgehead atoms. The molecule has 0 spiro atoms. The van der Waals surface area contributed by atoms with E-state index in [1.54, 1.807) is 0 Å². The number of nitrogens with zero attached hydrogens (tertiary/aromatic N) is 3. The van der Waals surface area contributed by atoms with Crippen LogP contribution in [0.2, 0.25) is 0 Å². The maximum Gasteiger partial charge on any atom is 0.0648 e. The predicted molar refractivity (Wildman–Crippen MR) is 74.9 cm³/mol. The number of aromatic nitrogens is 1. The van der Waals surface area contributed by atoms with Crippen molar-refractivity contribution in [2.24, 2.45) is 0 Å². The Hall–Kier alpha value is -0.800. The van der Waals surface area contributed by atoms with Crippen LogP contribution in [0.25, 0.3) is 0 Å². The molecule has 0 amide bonds. The van der Waals surface area contributed by atoms with E-state index in [-0.39, 0.29) is 0 Å². The van der Waals surface area contributed by atoms with Crippen molar-refractivity contribution in [2.75, 3.05) is 38.6 Å². The van der Waals surface area contributed by atoms with Crippen molar-refractivity contribution < 1.29 is 0 Å². The van der Waals surface area contributed by atoms with Gasteiger partial charge in [-0.1, -0.05) is 0 Å². The van der Waals surface area contributed by atoms with Crippen LogP contribution in [-0.4, -0.2) is 43.6 Å². The molecule has 0 aromatic carbocycles. The van der Waals surface area contributed by atoms with Crippen LogP contribution in [0.3, 0.4) is 0 Å². The first-order valence-electron chi connectivity index (χ1n) is 6.08. The van der Waals surface area contributed by atoms with Crippen LogP contribution in [0.15, 0.2) is 18.3 Å². The minimum atomic E-state index is 0.475. The molecule has 0 aliphatic carbocycles. The molecule has 4 heteroatoms. The topological polar surface area (TPSA) is 19.4 Å². The zero-order valence-corrected chi connectivity index (χ0v) is 11.7. The van der Waals surface area contributed by atoms with Gasteiger partial charge in [0.1, 0.15) is 0 Å². The maximum absolute atomic E-state index is 5.80. The van der Waals surface area contributed by atoms with Gasteiger partial charge in [0.2, 0.25) is 0 Å². The third kappa shape index (κ3) is 4.92. The van der Waals surface area contributed by atoms with Gasteiger partial charge in [-0.2, -0.15) is 0 Å². The average Bonchev–Trinajstić information content (AvgIpc) is 2.34. The number of anilines is 1. The van der Waals surface area contributed by atoms with Gasteiger partial charge in [-0.3, -0.25) is 4.98 Å². The number of hydrogen-bond acceptors (Lipinski definition) is 3. The van der Waals surface area contributed by atoms with E-state index >= 15 is 0 Å². The van der Waals surface area contributed by atoms with Crippen molar-refractivity contribution in [1.82, 2.24) is 9.88 Å². The van der Waals surface area contributed by atoms with E-state index in [9.17, 15) is 0 Å². The number of hydrogen-bond donors (Lipinski definition) is 0. The van der Waals surface area contributed by atoms with Crippen LogP contribution < -0.4 is 4.90 Å². The van der Waals surface area contributed by atoms with Gasteiger partial charge in [0.05, 0.1) is 11.6 Å². The highest BCUT2D eigenvalue weighted by Gasteiger charge is 2.05. The van der Waals surface area contributed by atoms with E-state index < -0.39 is 0 Å². The molecule has 0 aliphatic rings. The molecule has 1 aromatic rings. The molecule has 0 fully saturated rings. The molecule has 1 rings (SSSR count). The molecule has 96 valence electrons. The average molecular weight is 256 g/mol. The minimum Gasteiger partial charge on any atom is -0.372 e. The lowest BCUT2D eigenvalue weighted by atomic mass is 10.2. The monoisotopic (exact) mass is 255 g/mol. The van der Waals surface area contributed by atoms with Crippen molar-refractivity contribution in [2.45, 2.75) is 19.2 Å². The number of rotatable bonds is 7. The lowest BCUT2D eigenvalue weighted by Gasteiger charge is -2.24. The molecule has 0 N–H and O–H groups in total. The molecule has 0 unspecified atom stereocenters. The molecule has 0 saturated heterocycles. The van der Waals surface area contributed by atoms with Gasteiger partial charge >= 0.3 is 0 Å². The first-order chi connectivity index (χ1) is 8.17. The Morgan fingerprint density at radius 3 is 2.65 bits per heavy atom. The summed E-state index contributed by atoms with van der Waals surface area (Å²) in [5.74, 6) is 0.475. The Kier molecular flexibility index (Phi) is 6.30. The van der Waals surface area contributed by atoms with Gasteiger partial charge in [-0.25, -0.2) is 0 Å². The highest BCUT2D eigenvalue weighted by molar-refractivity contribution is 6.16. The SMILES string of the molecule is CCN(CCCN(C)C)c1ccnc(CCl)c1. The molecule has 0 radical (unpaired) electrons. The predicted octanol–water partition coefficient (Wildman–Crippen LogP) is 2.60. The lowest BCUT2D eigenvalue weighted by molar-refractivity contribution is 0.400. The summed E-state index contributed by atoms with van der Waals surface area (Å²) in [7, 11) is 4.21. The largest absolute Gasteiger partial charge is 0.372 e. The second-order valence-corrected chi connectivity index (χ2v) is 4.64. The fourth-order valence-corrected chi connectivity index (χ4v) is 1.93. The van der Waals surface area contributed by atoms with Crippen LogP contribution >= 0.6 is 11.6 Å². The minimum absolute atomic E-state index is 0.475. The van der Waals surface area contributed by atoms with Gasteiger partial charge < -0.3 is 9.80 Å². The first kappa shape index (κ1) is 14.3. The number of halogens is 1. The smallest absolute Gasteiger partial charge is 0.0648 e. The molecule has 1 heterocycles. The summed E-state index contributed by atoms with van der Waals surface area (Å²) in [6, 6.07) is 4.13. The van der Waals surface area contributed by atoms with E-state index in [2.05, 4.69) is 47.9 Å². The van der Waals surface area contributed by atoms with Crippen molar-refractivity contribution in [3.05, 3.63) is 24.0 Å². The van der Waals surface area contributed by atoms with Crippen molar-refractivity contribution in [1.29, 1.82) is 0 Å². The standard InChI is InChI=1S/C13H22ClN3/c1-4-17(9-5-8-16(2)3)13-6-7-15-12(10-13)11-14/h6-7,10H,4-5,8-9,11H2,1-3H3. The first-order valence-corrected chi connectivity index (χ1v) is 6.61. The number of pyridine rings is 1. The second-order valence-electron chi connectivity index (χ2n) is 4.38. The van der Waals surface area contributed by atoms with Crippen molar-refractivity contribution in [3.8, 4) is 0 Å². The van der Waals surface area contributed by atoms with Crippen LogP contribution in [0.5, 0.6) is 0 Å². The van der Waals surface area contributed by atoms with Gasteiger partial charge in [0, 0.05) is 25.0 Å². The zero-order chi connectivity index (χ0) is 12.7. The molecule has 17 heavy (non-hydrogen) atoms. The third-order valence-electron chi connectivity index (χ3n) is 2.72. The van der Waals surface area contributed by atoms with Crippen LogP contribution in [0.4, 0.5) is 5.69 Å². The summed E-state index contributed by atoms with van der Waals surface area (Å²) < 4.78 is 0. The molecule has 0 saturated carbocycles. The fraction of sp³-hybridized carbons (Fsp3) is 0.615. The Labute approximate surface area is 109 Å². The highest BCUT2D eigenvalue weighted by Crippen LogP contribution is 2.15. The van der Waals surface area contributed by atoms with Crippen LogP contribution in [0.1, 0.15) is 19.0 Å². The third-order valence-corrected chi connectivity index (χ3v) is 2.99. The summed E-state index contributed by atoms with van der Waals surface area (Å²) in [6.07, 6.45) is 3.00. The Morgan fingerprint density at radius 1 is 1.29 bits per heavy atom. The van der Waals surface area contributed by atoms with Crippen molar-refractivity contribution >= 4 is 17.3 Å². The fourth-order valence-electron chi connectivity index (χ4n) is 1.78. The quantitative estimate of drug-likeness (QED) is 0.699. The molecule has 0 atom stereocenters. The van der Waals surface area contributed by atoms with E-state index in [1.165, 1.54) is 12.1 Å². The molecule has 1 aromatic heterocycles. The highest BCUT2D eigenvalue weighted by atomic mass is 35.5. The normalized spacial score (nSPS) is 10.9. The summed E-state index contributed by atoms with van der Waals surface area (Å²) in [4.78, 5) is 8.79. The van der Waals surface area contributed by atoms with Crippen LogP contribution in [-0.2, 0) is 5.88 Å². The summed E-state index contributed by atoms with van der Waals surface area (Å²) in [5, 5.41) is 0. The van der Waals surface area contributed by atoms with Crippen LogP contribution in [0, 0.1) is 0 Å². The summed E-state index contributed by atoms with van der Waals surface area (Å²) >= 11 is 5.80. The van der Waals surface area contributed by atoms with E-state index in [1.807, 2.05) is 6.20 Å². The Morgan fingerprint density at radius 2 is 2.06 bits per heavy atom. The summed E-state index contributed by atoms with van der Waals surface area (Å²) in [6.45, 7) is 5.37. The molecular weight excluding hydrogens is 234 g/mol. The molecular formula is C13H22ClN3. The molecule has 3 nitrogen and oxygen atoms in total. The van der Waals surface area contributed by atoms with Gasteiger partial charge in [-0.05, 0) is 46.1 Å². The van der Waals surface area contributed by atoms with Gasteiger partial charge in [0.15, 0.2) is 0 Å². The van der Waals surface area contributed by atoms with E-state index in [0.29, 0.717) is 5.88 Å². The maximum atomic E-state index is 5.80. The van der Waals surface area contributed by atoms with Gasteiger partial charge in [-0.15, -0.1) is 11.6 Å². The van der Waals surface area contributed by atoms with Gasteiger partial charge in [0.25, 0.3) is 0 Å². The Balaban J connectivity index is 2.59. The Bertz CT molecular complexity index is 328. The summed E-state index contributed by atoms with van der Waals surface area (Å²) in [5.41, 5.74) is 2.16. The zero-order valence-electron chi connectivity index (χ0n) is 11.0. The number of alkyl halides is 1. The van der Waals surface area contributed by atoms with E-state index in [0.717, 1.165) is 25.3 Å².